The molecule has 0 bridgehead atoms. The summed E-state index contributed by atoms with van der Waals surface area (Å²) in [6.07, 6.45) is 5.32. The summed E-state index contributed by atoms with van der Waals surface area (Å²) in [4.78, 5) is 14.6. The Morgan fingerprint density at radius 1 is 1.30 bits per heavy atom. The molecule has 5 nitrogen and oxygen atoms in total. The van der Waals surface area contributed by atoms with Gasteiger partial charge in [-0.1, -0.05) is 18.0 Å². The maximum atomic E-state index is 12.2. The van der Waals surface area contributed by atoms with Crippen molar-refractivity contribution < 1.29 is 13.9 Å². The summed E-state index contributed by atoms with van der Waals surface area (Å²) in [5, 5.41) is 3.66. The van der Waals surface area contributed by atoms with Crippen LogP contribution >= 0.6 is 24.0 Å². The van der Waals surface area contributed by atoms with E-state index in [2.05, 4.69) is 10.2 Å². The minimum atomic E-state index is -0.147. The number of furan rings is 1. The predicted molar refractivity (Wildman–Crippen MR) is 109 cm³/mol. The van der Waals surface area contributed by atoms with Crippen LogP contribution < -0.4 is 10.1 Å². The lowest BCUT2D eigenvalue weighted by atomic mass is 10.1. The third-order valence-electron chi connectivity index (χ3n) is 4.69. The molecule has 27 heavy (non-hydrogen) atoms. The van der Waals surface area contributed by atoms with Crippen molar-refractivity contribution in [2.75, 3.05) is 26.2 Å². The SMILES string of the molecule is Cc1cc(OCC(=O)NCC(c2ccco2)N2CCCCC2)ccc1Cl.Cl. The molecule has 1 aliphatic heterocycles. The molecule has 1 atom stereocenters. The first-order valence-electron chi connectivity index (χ1n) is 9.06. The number of piperidine rings is 1. The lowest BCUT2D eigenvalue weighted by Crippen LogP contribution is -2.41. The highest BCUT2D eigenvalue weighted by Gasteiger charge is 2.24. The molecule has 1 unspecified atom stereocenters. The summed E-state index contributed by atoms with van der Waals surface area (Å²) < 4.78 is 11.2. The Kier molecular flexibility index (Phi) is 8.48. The first-order valence-corrected chi connectivity index (χ1v) is 9.44. The number of carbonyl (C=O) groups is 1. The van der Waals surface area contributed by atoms with E-state index in [9.17, 15) is 4.79 Å². The van der Waals surface area contributed by atoms with Gasteiger partial charge in [0.1, 0.15) is 11.5 Å². The molecule has 148 valence electrons. The van der Waals surface area contributed by atoms with Gasteiger partial charge < -0.3 is 14.5 Å². The van der Waals surface area contributed by atoms with Crippen LogP contribution in [-0.2, 0) is 4.79 Å². The summed E-state index contributed by atoms with van der Waals surface area (Å²) in [6, 6.07) is 9.29. The average molecular weight is 413 g/mol. The highest BCUT2D eigenvalue weighted by atomic mass is 35.5. The zero-order valence-electron chi connectivity index (χ0n) is 15.4. The summed E-state index contributed by atoms with van der Waals surface area (Å²) >= 11 is 6.00. The molecule has 0 saturated carbocycles. The van der Waals surface area contributed by atoms with E-state index in [4.69, 9.17) is 20.8 Å². The van der Waals surface area contributed by atoms with Crippen LogP contribution in [0.4, 0.5) is 0 Å². The van der Waals surface area contributed by atoms with Crippen molar-refractivity contribution in [2.24, 2.45) is 0 Å². The van der Waals surface area contributed by atoms with Crippen LogP contribution in [-0.4, -0.2) is 37.0 Å². The number of rotatable bonds is 7. The minimum Gasteiger partial charge on any atom is -0.484 e. The largest absolute Gasteiger partial charge is 0.484 e. The van der Waals surface area contributed by atoms with Gasteiger partial charge in [-0.2, -0.15) is 0 Å². The molecule has 1 amide bonds. The van der Waals surface area contributed by atoms with Crippen LogP contribution in [0.2, 0.25) is 5.02 Å². The van der Waals surface area contributed by atoms with Crippen molar-refractivity contribution in [3.05, 3.63) is 52.9 Å². The number of hydrogen-bond acceptors (Lipinski definition) is 4. The fourth-order valence-electron chi connectivity index (χ4n) is 3.24. The monoisotopic (exact) mass is 412 g/mol. The number of hydrogen-bond donors (Lipinski definition) is 1. The van der Waals surface area contributed by atoms with Crippen molar-refractivity contribution in [3.8, 4) is 5.75 Å². The molecule has 1 fully saturated rings. The number of aryl methyl sites for hydroxylation is 1. The van der Waals surface area contributed by atoms with E-state index in [-0.39, 0.29) is 31.0 Å². The van der Waals surface area contributed by atoms with E-state index < -0.39 is 0 Å². The first kappa shape index (κ1) is 21.6. The van der Waals surface area contributed by atoms with Gasteiger partial charge in [0.2, 0.25) is 0 Å². The molecule has 1 aromatic heterocycles. The van der Waals surface area contributed by atoms with E-state index in [0.717, 1.165) is 24.4 Å². The number of likely N-dealkylation sites (tertiary alicyclic amines) is 1. The van der Waals surface area contributed by atoms with E-state index in [0.29, 0.717) is 17.3 Å². The molecule has 0 radical (unpaired) electrons. The fourth-order valence-corrected chi connectivity index (χ4v) is 3.36. The molecule has 2 aromatic rings. The maximum absolute atomic E-state index is 12.2. The molecular weight excluding hydrogens is 387 g/mol. The number of halogens is 2. The van der Waals surface area contributed by atoms with Crippen LogP contribution in [0.15, 0.2) is 41.0 Å². The third kappa shape index (κ3) is 6.16. The van der Waals surface area contributed by atoms with Gasteiger partial charge in [0.15, 0.2) is 6.61 Å². The topological polar surface area (TPSA) is 54.7 Å². The number of benzene rings is 1. The fraction of sp³-hybridized carbons (Fsp3) is 0.450. The zero-order chi connectivity index (χ0) is 18.4. The van der Waals surface area contributed by atoms with Crippen molar-refractivity contribution in [3.63, 3.8) is 0 Å². The summed E-state index contributed by atoms with van der Waals surface area (Å²) in [5.74, 6) is 1.38. The first-order chi connectivity index (χ1) is 12.6. The second-order valence-corrected chi connectivity index (χ2v) is 7.04. The molecule has 0 aliphatic carbocycles. The molecular formula is C20H26Cl2N2O3. The smallest absolute Gasteiger partial charge is 0.258 e. The van der Waals surface area contributed by atoms with Gasteiger partial charge in [0.25, 0.3) is 5.91 Å². The van der Waals surface area contributed by atoms with Crippen LogP contribution in [0.25, 0.3) is 0 Å². The van der Waals surface area contributed by atoms with Gasteiger partial charge in [0, 0.05) is 11.6 Å². The number of nitrogens with zero attached hydrogens (tertiary/aromatic N) is 1. The highest BCUT2D eigenvalue weighted by Crippen LogP contribution is 2.24. The van der Waals surface area contributed by atoms with E-state index in [1.807, 2.05) is 25.1 Å². The lowest BCUT2D eigenvalue weighted by Gasteiger charge is -2.33. The Labute approximate surface area is 171 Å². The molecule has 3 rings (SSSR count). The van der Waals surface area contributed by atoms with Crippen LogP contribution in [0, 0.1) is 6.92 Å². The van der Waals surface area contributed by atoms with E-state index in [1.54, 1.807) is 18.4 Å². The van der Waals surface area contributed by atoms with Crippen molar-refractivity contribution in [1.29, 1.82) is 0 Å². The summed E-state index contributed by atoms with van der Waals surface area (Å²) in [5.41, 5.74) is 0.924. The molecule has 7 heteroatoms. The Morgan fingerprint density at radius 3 is 2.74 bits per heavy atom. The molecule has 1 saturated heterocycles. The number of carbonyl (C=O) groups excluding carboxylic acids is 1. The zero-order valence-corrected chi connectivity index (χ0v) is 17.0. The predicted octanol–water partition coefficient (Wildman–Crippen LogP) is 4.39. The van der Waals surface area contributed by atoms with Gasteiger partial charge >= 0.3 is 0 Å². The molecule has 1 N–H and O–H groups in total. The van der Waals surface area contributed by atoms with E-state index in [1.165, 1.54) is 19.3 Å². The minimum absolute atomic E-state index is 0. The Bertz CT molecular complexity index is 716. The third-order valence-corrected chi connectivity index (χ3v) is 5.12. The van der Waals surface area contributed by atoms with E-state index >= 15 is 0 Å². The van der Waals surface area contributed by atoms with Gasteiger partial charge in [-0.05, 0) is 68.8 Å². The second-order valence-electron chi connectivity index (χ2n) is 6.63. The standard InChI is InChI=1S/C20H25ClN2O3.ClH/c1-15-12-16(7-8-17(15)21)26-14-20(24)22-13-18(19-6-5-11-25-19)23-9-3-2-4-10-23;/h5-8,11-12,18H,2-4,9-10,13-14H2,1H3,(H,22,24);1H. The molecule has 1 aliphatic rings. The Hall–Kier alpha value is -1.69. The van der Waals surface area contributed by atoms with Gasteiger partial charge in [0.05, 0.1) is 12.3 Å². The molecule has 1 aromatic carbocycles. The molecule has 2 heterocycles. The van der Waals surface area contributed by atoms with Crippen molar-refractivity contribution in [2.45, 2.75) is 32.2 Å². The lowest BCUT2D eigenvalue weighted by molar-refractivity contribution is -0.123. The highest BCUT2D eigenvalue weighted by molar-refractivity contribution is 6.31. The van der Waals surface area contributed by atoms with Crippen molar-refractivity contribution >= 4 is 29.9 Å². The Balaban J connectivity index is 0.00000261. The van der Waals surface area contributed by atoms with Gasteiger partial charge in [-0.15, -0.1) is 12.4 Å². The number of ether oxygens (including phenoxy) is 1. The summed E-state index contributed by atoms with van der Waals surface area (Å²) in [6.45, 7) is 4.45. The van der Waals surface area contributed by atoms with Gasteiger partial charge in [-0.3, -0.25) is 9.69 Å². The van der Waals surface area contributed by atoms with Crippen LogP contribution in [0.5, 0.6) is 5.75 Å². The summed E-state index contributed by atoms with van der Waals surface area (Å²) in [7, 11) is 0. The number of nitrogens with one attached hydrogen (secondary N) is 1. The quantitative estimate of drug-likeness (QED) is 0.732. The van der Waals surface area contributed by atoms with Crippen LogP contribution in [0.1, 0.15) is 36.6 Å². The molecule has 0 spiro atoms. The Morgan fingerprint density at radius 2 is 2.07 bits per heavy atom. The van der Waals surface area contributed by atoms with Crippen LogP contribution in [0.3, 0.4) is 0 Å². The van der Waals surface area contributed by atoms with Gasteiger partial charge in [-0.25, -0.2) is 0 Å². The normalized spacial score (nSPS) is 15.6. The number of amides is 1. The van der Waals surface area contributed by atoms with Crippen molar-refractivity contribution in [1.82, 2.24) is 10.2 Å². The maximum Gasteiger partial charge on any atom is 0.258 e. The average Bonchev–Trinajstić information content (AvgIpc) is 3.18. The second kappa shape index (κ2) is 10.6.